The summed E-state index contributed by atoms with van der Waals surface area (Å²) < 4.78 is 19.4. The number of Topliss-reactive ketones (excluding diaryl/α,β-unsaturated/α-hetero) is 1. The van der Waals surface area contributed by atoms with E-state index in [9.17, 15) is 18.8 Å². The maximum Gasteiger partial charge on any atom is 0.261 e. The fourth-order valence-corrected chi connectivity index (χ4v) is 2.37. The van der Waals surface area contributed by atoms with Crippen LogP contribution in [0.5, 0.6) is 5.75 Å². The first-order chi connectivity index (χ1) is 10.7. The minimum atomic E-state index is -0.818. The van der Waals surface area contributed by atoms with E-state index in [1.54, 1.807) is 13.8 Å². The number of allylic oxidation sites excluding steroid dienone is 1. The van der Waals surface area contributed by atoms with Crippen LogP contribution in [0.3, 0.4) is 0 Å². The molecule has 1 aliphatic heterocycles. The molecule has 23 heavy (non-hydrogen) atoms. The SMILES string of the molecule is CC(=O)COc1cc(N2C(=O)CC(=C(C)C)C2=O)c(F)cc1Cl. The van der Waals surface area contributed by atoms with Gasteiger partial charge in [0.1, 0.15) is 18.2 Å². The number of hydrogen-bond donors (Lipinski definition) is 0. The number of hydrogen-bond acceptors (Lipinski definition) is 4. The first-order valence-corrected chi connectivity index (χ1v) is 7.25. The molecule has 1 fully saturated rings. The minimum Gasteiger partial charge on any atom is -0.484 e. The van der Waals surface area contributed by atoms with Crippen LogP contribution in [-0.2, 0) is 14.4 Å². The predicted octanol–water partition coefficient (Wildman–Crippen LogP) is 3.05. The number of benzene rings is 1. The van der Waals surface area contributed by atoms with Crippen LogP contribution in [0, 0.1) is 5.82 Å². The summed E-state index contributed by atoms with van der Waals surface area (Å²) >= 11 is 5.87. The first kappa shape index (κ1) is 17.1. The highest BCUT2D eigenvalue weighted by Gasteiger charge is 2.37. The second-order valence-corrected chi connectivity index (χ2v) is 5.82. The molecule has 1 heterocycles. The number of anilines is 1. The van der Waals surface area contributed by atoms with Crippen molar-refractivity contribution in [1.29, 1.82) is 0 Å². The lowest BCUT2D eigenvalue weighted by Gasteiger charge is -2.17. The maximum absolute atomic E-state index is 14.2. The van der Waals surface area contributed by atoms with E-state index < -0.39 is 17.6 Å². The fourth-order valence-electron chi connectivity index (χ4n) is 2.17. The summed E-state index contributed by atoms with van der Waals surface area (Å²) in [5, 5.41) is -0.0472. The Labute approximate surface area is 137 Å². The predicted molar refractivity (Wildman–Crippen MR) is 83.1 cm³/mol. The standard InChI is InChI=1S/C16H15ClFNO4/c1-8(2)10-4-15(21)19(16(10)22)13-6-14(23-7-9(3)20)11(17)5-12(13)18/h5-6H,4,7H2,1-3H3. The minimum absolute atomic E-state index is 0.0320. The van der Waals surface area contributed by atoms with E-state index in [0.29, 0.717) is 11.1 Å². The molecule has 1 aromatic rings. The fraction of sp³-hybridized carbons (Fsp3) is 0.312. The maximum atomic E-state index is 14.2. The lowest BCUT2D eigenvalue weighted by Crippen LogP contribution is -2.30. The zero-order valence-corrected chi connectivity index (χ0v) is 13.7. The smallest absolute Gasteiger partial charge is 0.261 e. The van der Waals surface area contributed by atoms with Gasteiger partial charge in [-0.1, -0.05) is 17.2 Å². The third kappa shape index (κ3) is 3.42. The molecule has 0 aromatic heterocycles. The van der Waals surface area contributed by atoms with Crippen LogP contribution in [0.4, 0.5) is 10.1 Å². The second kappa shape index (κ2) is 6.50. The van der Waals surface area contributed by atoms with Gasteiger partial charge in [0.05, 0.1) is 17.1 Å². The van der Waals surface area contributed by atoms with E-state index in [2.05, 4.69) is 0 Å². The van der Waals surface area contributed by atoms with Crippen molar-refractivity contribution < 1.29 is 23.5 Å². The Morgan fingerprint density at radius 1 is 1.30 bits per heavy atom. The van der Waals surface area contributed by atoms with Gasteiger partial charge in [-0.15, -0.1) is 0 Å². The van der Waals surface area contributed by atoms with Crippen molar-refractivity contribution in [1.82, 2.24) is 0 Å². The average molecular weight is 340 g/mol. The molecule has 2 rings (SSSR count). The Morgan fingerprint density at radius 3 is 2.48 bits per heavy atom. The molecule has 0 N–H and O–H groups in total. The second-order valence-electron chi connectivity index (χ2n) is 5.41. The molecule has 0 radical (unpaired) electrons. The quantitative estimate of drug-likeness (QED) is 0.624. The summed E-state index contributed by atoms with van der Waals surface area (Å²) in [6.07, 6.45) is -0.0765. The molecule has 1 aliphatic rings. The van der Waals surface area contributed by atoms with Gasteiger partial charge < -0.3 is 4.74 Å². The molecule has 7 heteroatoms. The number of imide groups is 1. The third-order valence-corrected chi connectivity index (χ3v) is 3.61. The van der Waals surface area contributed by atoms with Crippen molar-refractivity contribution >= 4 is 34.9 Å². The summed E-state index contributed by atoms with van der Waals surface area (Å²) in [4.78, 5) is 36.2. The van der Waals surface area contributed by atoms with Crippen molar-refractivity contribution in [3.8, 4) is 5.75 Å². The van der Waals surface area contributed by atoms with Crippen molar-refractivity contribution in [3.05, 3.63) is 34.1 Å². The lowest BCUT2D eigenvalue weighted by molar-refractivity contribution is -0.121. The third-order valence-electron chi connectivity index (χ3n) is 3.32. The van der Waals surface area contributed by atoms with Crippen LogP contribution in [0.1, 0.15) is 27.2 Å². The summed E-state index contributed by atoms with van der Waals surface area (Å²) in [6, 6.07) is 2.11. The van der Waals surface area contributed by atoms with Crippen LogP contribution in [0.2, 0.25) is 5.02 Å². The van der Waals surface area contributed by atoms with Gasteiger partial charge in [-0.2, -0.15) is 0 Å². The van der Waals surface area contributed by atoms with Gasteiger partial charge >= 0.3 is 0 Å². The van der Waals surface area contributed by atoms with E-state index in [1.807, 2.05) is 0 Å². The number of carbonyl (C=O) groups is 3. The highest BCUT2D eigenvalue weighted by Crippen LogP contribution is 2.36. The van der Waals surface area contributed by atoms with Crippen LogP contribution >= 0.6 is 11.6 Å². The summed E-state index contributed by atoms with van der Waals surface area (Å²) in [6.45, 7) is 4.51. The van der Waals surface area contributed by atoms with Gasteiger partial charge in [0, 0.05) is 11.6 Å². The number of carbonyl (C=O) groups excluding carboxylic acids is 3. The molecule has 1 saturated heterocycles. The Bertz CT molecular complexity index is 738. The number of ether oxygens (including phenoxy) is 1. The van der Waals surface area contributed by atoms with E-state index in [1.165, 1.54) is 6.92 Å². The van der Waals surface area contributed by atoms with E-state index in [0.717, 1.165) is 17.0 Å². The van der Waals surface area contributed by atoms with Crippen molar-refractivity contribution in [3.63, 3.8) is 0 Å². The van der Waals surface area contributed by atoms with Crippen LogP contribution < -0.4 is 9.64 Å². The summed E-state index contributed by atoms with van der Waals surface area (Å²) in [5.74, 6) is -2.11. The van der Waals surface area contributed by atoms with Gasteiger partial charge in [-0.05, 0) is 26.8 Å². The molecule has 0 aliphatic carbocycles. The van der Waals surface area contributed by atoms with Gasteiger partial charge in [0.25, 0.3) is 5.91 Å². The topological polar surface area (TPSA) is 63.7 Å². The van der Waals surface area contributed by atoms with Crippen LogP contribution in [0.15, 0.2) is 23.3 Å². The monoisotopic (exact) mass is 339 g/mol. The Hall–Kier alpha value is -2.21. The number of halogens is 2. The molecule has 0 unspecified atom stereocenters. The largest absolute Gasteiger partial charge is 0.484 e. The van der Waals surface area contributed by atoms with Gasteiger partial charge in [0.15, 0.2) is 5.78 Å². The molecule has 122 valence electrons. The molecule has 5 nitrogen and oxygen atoms in total. The van der Waals surface area contributed by atoms with Crippen molar-refractivity contribution in [2.45, 2.75) is 27.2 Å². The molecular weight excluding hydrogens is 325 g/mol. The number of nitrogens with zero attached hydrogens (tertiary/aromatic N) is 1. The Balaban J connectivity index is 2.45. The number of rotatable bonds is 4. The van der Waals surface area contributed by atoms with Crippen molar-refractivity contribution in [2.75, 3.05) is 11.5 Å². The normalized spacial score (nSPS) is 14.5. The number of amides is 2. The molecular formula is C16H15ClFNO4. The molecule has 1 aromatic carbocycles. The van der Waals surface area contributed by atoms with E-state index in [-0.39, 0.29) is 35.3 Å². The first-order valence-electron chi connectivity index (χ1n) is 6.87. The summed E-state index contributed by atoms with van der Waals surface area (Å²) in [7, 11) is 0. The van der Waals surface area contributed by atoms with Crippen LogP contribution in [-0.4, -0.2) is 24.2 Å². The number of ketones is 1. The van der Waals surface area contributed by atoms with Gasteiger partial charge in [-0.3, -0.25) is 14.4 Å². The average Bonchev–Trinajstić information content (AvgIpc) is 2.74. The Morgan fingerprint density at radius 2 is 1.96 bits per heavy atom. The highest BCUT2D eigenvalue weighted by molar-refractivity contribution is 6.32. The van der Waals surface area contributed by atoms with Crippen molar-refractivity contribution in [2.24, 2.45) is 0 Å². The van der Waals surface area contributed by atoms with Gasteiger partial charge in [-0.25, -0.2) is 9.29 Å². The lowest BCUT2D eigenvalue weighted by atomic mass is 10.1. The highest BCUT2D eigenvalue weighted by atomic mass is 35.5. The van der Waals surface area contributed by atoms with Gasteiger partial charge in [0.2, 0.25) is 5.91 Å². The zero-order valence-electron chi connectivity index (χ0n) is 12.9. The zero-order chi connectivity index (χ0) is 17.3. The summed E-state index contributed by atoms with van der Waals surface area (Å²) in [5.41, 5.74) is 0.808. The molecule has 2 amide bonds. The van der Waals surface area contributed by atoms with E-state index in [4.69, 9.17) is 16.3 Å². The van der Waals surface area contributed by atoms with Crippen LogP contribution in [0.25, 0.3) is 0 Å². The van der Waals surface area contributed by atoms with E-state index >= 15 is 0 Å². The molecule has 0 atom stereocenters. The molecule has 0 saturated carbocycles. The molecule has 0 bridgehead atoms. The Kier molecular flexibility index (Phi) is 4.85. The molecule has 0 spiro atoms.